The number of hydrogen-bond donors (Lipinski definition) is 2. The highest BCUT2D eigenvalue weighted by molar-refractivity contribution is 7.50. The fraction of sp³-hybridized carbons (Fsp3) is 0.692. The zero-order chi connectivity index (χ0) is 34.6. The molecule has 6 nitrogen and oxygen atoms in total. The molecule has 0 rings (SSSR count). The monoisotopic (exact) mass is 661 g/mol. The molecule has 0 aromatic rings. The van der Waals surface area contributed by atoms with E-state index < -0.39 is 7.75 Å². The summed E-state index contributed by atoms with van der Waals surface area (Å²) in [6, 6.07) is 0. The molecule has 0 radical (unpaired) electrons. The van der Waals surface area contributed by atoms with Gasteiger partial charge in [0.05, 0.1) is 13.2 Å². The lowest BCUT2D eigenvalue weighted by Gasteiger charge is -2.13. The summed E-state index contributed by atoms with van der Waals surface area (Å²) in [6.07, 6.45) is 28.0. The molecule has 46 heavy (non-hydrogen) atoms. The van der Waals surface area contributed by atoms with Gasteiger partial charge in [0.1, 0.15) is 11.6 Å². The highest BCUT2D eigenvalue weighted by Gasteiger charge is 2.20. The number of carbonyl (C=O) groups is 2. The summed E-state index contributed by atoms with van der Waals surface area (Å²) < 4.78 is 17.4. The molecule has 0 aliphatic heterocycles. The fourth-order valence-electron chi connectivity index (χ4n) is 4.94. The van der Waals surface area contributed by atoms with Crippen molar-refractivity contribution in [2.24, 2.45) is 0 Å². The molecule has 1 unspecified atom stereocenters. The lowest BCUT2D eigenvalue weighted by atomic mass is 10.0. The van der Waals surface area contributed by atoms with Crippen molar-refractivity contribution in [2.45, 2.75) is 164 Å². The van der Waals surface area contributed by atoms with Crippen LogP contribution in [0.5, 0.6) is 0 Å². The van der Waals surface area contributed by atoms with E-state index in [0.717, 1.165) is 83.5 Å². The van der Waals surface area contributed by atoms with Crippen molar-refractivity contribution in [3.63, 3.8) is 0 Å². The molecule has 0 fully saturated rings. The Hall–Kier alpha value is -1.85. The average molecular weight is 662 g/mol. The predicted octanol–water partition coefficient (Wildman–Crippen LogP) is 11.6. The Morgan fingerprint density at radius 2 is 1.07 bits per heavy atom. The molecule has 0 bridgehead atoms. The van der Waals surface area contributed by atoms with Crippen LogP contribution >= 0.6 is 7.75 Å². The number of allylic oxidation sites excluding steroid dienone is 10. The van der Waals surface area contributed by atoms with Crippen LogP contribution in [-0.2, 0) is 18.7 Å². The van der Waals surface area contributed by atoms with Gasteiger partial charge in [-0.2, -0.15) is 0 Å². The minimum Gasteiger partial charge on any atom is -0.312 e. The largest absolute Gasteiger partial charge is 0.403 e. The van der Waals surface area contributed by atoms with E-state index in [4.69, 9.17) is 4.52 Å². The van der Waals surface area contributed by atoms with E-state index >= 15 is 0 Å². The van der Waals surface area contributed by atoms with Crippen LogP contribution in [0.4, 0.5) is 0 Å². The second kappa shape index (κ2) is 28.2. The lowest BCUT2D eigenvalue weighted by molar-refractivity contribution is -0.123. The van der Waals surface area contributed by atoms with Crippen LogP contribution in [0.25, 0.3) is 0 Å². The van der Waals surface area contributed by atoms with Crippen LogP contribution in [-0.4, -0.2) is 29.6 Å². The van der Waals surface area contributed by atoms with Gasteiger partial charge in [0.2, 0.25) is 0 Å². The minimum absolute atomic E-state index is 0.0805. The molecule has 7 heteroatoms. The highest BCUT2D eigenvalue weighted by atomic mass is 31.2. The maximum absolute atomic E-state index is 12.2. The zero-order valence-corrected chi connectivity index (χ0v) is 31.5. The third-order valence-corrected chi connectivity index (χ3v) is 9.10. The van der Waals surface area contributed by atoms with E-state index in [9.17, 15) is 19.0 Å². The Kier molecular flexibility index (Phi) is 27.1. The van der Waals surface area contributed by atoms with Crippen LogP contribution in [0.1, 0.15) is 164 Å². The molecule has 2 N–H and O–H groups in total. The second-order valence-corrected chi connectivity index (χ2v) is 14.8. The van der Waals surface area contributed by atoms with Gasteiger partial charge in [-0.05, 0) is 112 Å². The SMILES string of the molecule is CCCCCCCC(=O)CCC(=O)CNP(=O)(O)OCCC/C(C)=C/CC/C(C)=C/CC/C=C(\C)CC/C=C(\C)CCC=C(C)C. The molecule has 0 aromatic heterocycles. The van der Waals surface area contributed by atoms with Crippen LogP contribution < -0.4 is 5.09 Å². The quantitative estimate of drug-likeness (QED) is 0.0471. The number of hydrogen-bond acceptors (Lipinski definition) is 4. The van der Waals surface area contributed by atoms with Crippen LogP contribution in [0.3, 0.4) is 0 Å². The molecule has 0 heterocycles. The summed E-state index contributed by atoms with van der Waals surface area (Å²) in [5.74, 6) is -0.177. The summed E-state index contributed by atoms with van der Waals surface area (Å²) in [4.78, 5) is 34.0. The molecule has 0 aromatic carbocycles. The van der Waals surface area contributed by atoms with Crippen molar-refractivity contribution in [1.82, 2.24) is 5.09 Å². The topological polar surface area (TPSA) is 92.7 Å². The summed E-state index contributed by atoms with van der Waals surface area (Å²) in [6.45, 7) is 15.1. The number of Topliss-reactive ketones (excluding diaryl/α,β-unsaturated/α-hetero) is 2. The van der Waals surface area contributed by atoms with E-state index in [-0.39, 0.29) is 37.6 Å². The van der Waals surface area contributed by atoms with E-state index in [0.29, 0.717) is 12.8 Å². The summed E-state index contributed by atoms with van der Waals surface area (Å²) >= 11 is 0. The second-order valence-electron chi connectivity index (χ2n) is 13.2. The summed E-state index contributed by atoms with van der Waals surface area (Å²) in [7, 11) is -4.04. The normalized spacial score (nSPS) is 14.3. The first-order valence-corrected chi connectivity index (χ1v) is 19.4. The van der Waals surface area contributed by atoms with Crippen molar-refractivity contribution in [3.05, 3.63) is 58.2 Å². The Bertz CT molecular complexity index is 1060. The van der Waals surface area contributed by atoms with Crippen molar-refractivity contribution >= 4 is 19.3 Å². The van der Waals surface area contributed by atoms with Crippen molar-refractivity contribution in [3.8, 4) is 0 Å². The minimum atomic E-state index is -4.04. The Labute approximate surface area is 282 Å². The maximum atomic E-state index is 12.2. The van der Waals surface area contributed by atoms with E-state index in [2.05, 4.69) is 83.9 Å². The lowest BCUT2D eigenvalue weighted by Crippen LogP contribution is -2.22. The first-order valence-electron chi connectivity index (χ1n) is 17.9. The maximum Gasteiger partial charge on any atom is 0.403 e. The van der Waals surface area contributed by atoms with Crippen molar-refractivity contribution in [1.29, 1.82) is 0 Å². The first kappa shape index (κ1) is 44.1. The average Bonchev–Trinajstić information content (AvgIpc) is 2.99. The number of unbranched alkanes of at least 4 members (excludes halogenated alkanes) is 5. The van der Waals surface area contributed by atoms with Gasteiger partial charge >= 0.3 is 7.75 Å². The van der Waals surface area contributed by atoms with Gasteiger partial charge in [-0.3, -0.25) is 14.1 Å². The van der Waals surface area contributed by atoms with Gasteiger partial charge in [0.15, 0.2) is 0 Å². The van der Waals surface area contributed by atoms with Crippen molar-refractivity contribution < 1.29 is 23.6 Å². The summed E-state index contributed by atoms with van der Waals surface area (Å²) in [5, 5.41) is 2.33. The van der Waals surface area contributed by atoms with E-state index in [1.165, 1.54) is 34.3 Å². The molecular formula is C39H68NO5P. The van der Waals surface area contributed by atoms with Gasteiger partial charge in [-0.25, -0.2) is 9.65 Å². The summed E-state index contributed by atoms with van der Waals surface area (Å²) in [5.41, 5.74) is 6.99. The van der Waals surface area contributed by atoms with Crippen molar-refractivity contribution in [2.75, 3.05) is 13.2 Å². The molecule has 0 aliphatic carbocycles. The van der Waals surface area contributed by atoms with Gasteiger partial charge in [-0.15, -0.1) is 0 Å². The Morgan fingerprint density at radius 1 is 0.587 bits per heavy atom. The number of carbonyl (C=O) groups excluding carboxylic acids is 2. The van der Waals surface area contributed by atoms with E-state index in [1.54, 1.807) is 0 Å². The van der Waals surface area contributed by atoms with Gasteiger partial charge in [-0.1, -0.05) is 90.9 Å². The number of ketones is 2. The third-order valence-electron chi connectivity index (χ3n) is 8.01. The Balaban J connectivity index is 4.09. The van der Waals surface area contributed by atoms with Gasteiger partial charge in [0.25, 0.3) is 0 Å². The smallest absolute Gasteiger partial charge is 0.312 e. The molecule has 1 atom stereocenters. The molecule has 0 amide bonds. The standard InChI is InChI=1S/C39H68NO5P/c1-8-9-10-11-12-28-38(41)29-30-39(42)32-40-46(43,44)45-31-18-27-37(7)26-17-24-35(5)21-14-13-20-34(4)23-16-25-36(6)22-15-19-33(2)3/h19-21,25-26H,8-18,22-24,27-32H2,1-7H3,(H2,40,43,44)/b34-20+,35-21+,36-25+,37-26+. The molecule has 0 saturated carbocycles. The zero-order valence-electron chi connectivity index (χ0n) is 30.6. The fourth-order valence-corrected chi connectivity index (χ4v) is 5.78. The molecule has 0 spiro atoms. The Morgan fingerprint density at radius 3 is 1.61 bits per heavy atom. The van der Waals surface area contributed by atoms with E-state index in [1.807, 2.05) is 0 Å². The predicted molar refractivity (Wildman–Crippen MR) is 197 cm³/mol. The molecule has 264 valence electrons. The molecular weight excluding hydrogens is 593 g/mol. The molecule has 0 aliphatic rings. The third kappa shape index (κ3) is 29.5. The van der Waals surface area contributed by atoms with Crippen LogP contribution in [0, 0.1) is 0 Å². The molecule has 0 saturated heterocycles. The van der Waals surface area contributed by atoms with Crippen LogP contribution in [0.2, 0.25) is 0 Å². The number of rotatable bonds is 29. The van der Waals surface area contributed by atoms with Gasteiger partial charge < -0.3 is 4.89 Å². The van der Waals surface area contributed by atoms with Crippen LogP contribution in [0.15, 0.2) is 58.2 Å². The first-order chi connectivity index (χ1) is 21.8. The highest BCUT2D eigenvalue weighted by Crippen LogP contribution is 2.36. The number of nitrogens with one attached hydrogen (secondary N) is 1. The van der Waals surface area contributed by atoms with Gasteiger partial charge in [0, 0.05) is 19.3 Å².